The normalized spacial score (nSPS) is 50.4. The molecule has 0 spiro atoms. The summed E-state index contributed by atoms with van der Waals surface area (Å²) in [5.74, 6) is 1.98. The molecule has 0 heterocycles. The standard InChI is InChI=1S/C30H46O4/c1-17(2)24-22(32)16-30(26(33)34-7)15-14-28(5)20(25(24)30)8-9-23-27(4)12-11-21(31)18(3)19(27)10-13-29(23,28)6/h17-21,23,31H,8-16H2,1-7H3. The zero-order valence-corrected chi connectivity index (χ0v) is 22.5. The second-order valence-corrected chi connectivity index (χ2v) is 13.8. The van der Waals surface area contributed by atoms with Crippen LogP contribution < -0.4 is 0 Å². The SMILES string of the molecule is COC(=O)C12CCC3(C)C(CCC4C5(C)CCC(O)C(C)C5CCC43C)C1=C(C(C)C)C(=O)C2. The Balaban J connectivity index is 1.62. The molecule has 4 fully saturated rings. The van der Waals surface area contributed by atoms with E-state index in [4.69, 9.17) is 4.74 Å². The fraction of sp³-hybridized carbons (Fsp3) is 0.867. The number of carbonyl (C=O) groups is 2. The van der Waals surface area contributed by atoms with Crippen molar-refractivity contribution in [3.05, 3.63) is 11.1 Å². The van der Waals surface area contributed by atoms with Gasteiger partial charge in [0.1, 0.15) is 0 Å². The smallest absolute Gasteiger partial charge is 0.316 e. The number of hydrogen-bond donors (Lipinski definition) is 1. The topological polar surface area (TPSA) is 63.6 Å². The highest BCUT2D eigenvalue weighted by molar-refractivity contribution is 6.05. The van der Waals surface area contributed by atoms with E-state index in [0.717, 1.165) is 44.1 Å². The third-order valence-electron chi connectivity index (χ3n) is 12.6. The van der Waals surface area contributed by atoms with Gasteiger partial charge in [-0.25, -0.2) is 0 Å². The second-order valence-electron chi connectivity index (χ2n) is 13.8. The summed E-state index contributed by atoms with van der Waals surface area (Å²) >= 11 is 0. The molecule has 0 saturated heterocycles. The molecule has 0 aromatic rings. The number of esters is 1. The summed E-state index contributed by atoms with van der Waals surface area (Å²) in [6, 6.07) is 0. The molecule has 9 atom stereocenters. The van der Waals surface area contributed by atoms with E-state index in [-0.39, 0.29) is 45.9 Å². The van der Waals surface area contributed by atoms with Crippen molar-refractivity contribution >= 4 is 11.8 Å². The van der Waals surface area contributed by atoms with E-state index in [1.54, 1.807) is 0 Å². The molecule has 5 aliphatic carbocycles. The maximum atomic E-state index is 13.4. The van der Waals surface area contributed by atoms with Crippen LogP contribution in [-0.2, 0) is 14.3 Å². The minimum absolute atomic E-state index is 0.0703. The lowest BCUT2D eigenvalue weighted by Gasteiger charge is -2.70. The Morgan fingerprint density at radius 2 is 1.71 bits per heavy atom. The van der Waals surface area contributed by atoms with Crippen molar-refractivity contribution in [3.63, 3.8) is 0 Å². The second kappa shape index (κ2) is 7.67. The van der Waals surface area contributed by atoms with Gasteiger partial charge in [-0.1, -0.05) is 41.5 Å². The molecule has 0 bridgehead atoms. The molecule has 4 saturated carbocycles. The monoisotopic (exact) mass is 470 g/mol. The van der Waals surface area contributed by atoms with E-state index >= 15 is 0 Å². The van der Waals surface area contributed by atoms with Crippen LogP contribution in [0.1, 0.15) is 99.3 Å². The maximum absolute atomic E-state index is 13.4. The van der Waals surface area contributed by atoms with Crippen LogP contribution >= 0.6 is 0 Å². The van der Waals surface area contributed by atoms with Crippen LogP contribution in [0.5, 0.6) is 0 Å². The summed E-state index contributed by atoms with van der Waals surface area (Å²) in [5.41, 5.74) is 1.89. The maximum Gasteiger partial charge on any atom is 0.316 e. The number of hydrogen-bond acceptors (Lipinski definition) is 4. The first-order valence-electron chi connectivity index (χ1n) is 13.9. The van der Waals surface area contributed by atoms with Crippen LogP contribution in [-0.4, -0.2) is 30.1 Å². The molecule has 34 heavy (non-hydrogen) atoms. The lowest BCUT2D eigenvalue weighted by atomic mass is 9.34. The van der Waals surface area contributed by atoms with E-state index < -0.39 is 5.41 Å². The number of allylic oxidation sites excluding steroid dienone is 1. The molecular weight excluding hydrogens is 424 g/mol. The Hall–Kier alpha value is -1.16. The Morgan fingerprint density at radius 3 is 2.35 bits per heavy atom. The number of aliphatic hydroxyl groups excluding tert-OH is 1. The summed E-state index contributed by atoms with van der Waals surface area (Å²) in [7, 11) is 1.49. The third-order valence-corrected chi connectivity index (χ3v) is 12.6. The van der Waals surface area contributed by atoms with E-state index in [1.165, 1.54) is 25.5 Å². The van der Waals surface area contributed by atoms with Gasteiger partial charge < -0.3 is 9.84 Å². The summed E-state index contributed by atoms with van der Waals surface area (Å²) in [6.45, 7) is 14.1. The lowest BCUT2D eigenvalue weighted by Crippen LogP contribution is -2.64. The van der Waals surface area contributed by atoms with Gasteiger partial charge in [-0.3, -0.25) is 9.59 Å². The highest BCUT2D eigenvalue weighted by Gasteiger charge is 2.70. The molecule has 0 amide bonds. The summed E-state index contributed by atoms with van der Waals surface area (Å²) in [5, 5.41) is 10.7. The zero-order chi connectivity index (χ0) is 24.8. The van der Waals surface area contributed by atoms with Gasteiger partial charge in [-0.05, 0) is 108 Å². The van der Waals surface area contributed by atoms with Gasteiger partial charge in [0.2, 0.25) is 0 Å². The van der Waals surface area contributed by atoms with E-state index in [0.29, 0.717) is 24.2 Å². The minimum Gasteiger partial charge on any atom is -0.468 e. The van der Waals surface area contributed by atoms with Crippen molar-refractivity contribution in [2.75, 3.05) is 7.11 Å². The highest BCUT2D eigenvalue weighted by atomic mass is 16.5. The van der Waals surface area contributed by atoms with Gasteiger partial charge in [0.15, 0.2) is 5.78 Å². The number of aliphatic hydroxyl groups is 1. The summed E-state index contributed by atoms with van der Waals surface area (Å²) in [4.78, 5) is 26.7. The Labute approximate surface area is 206 Å². The van der Waals surface area contributed by atoms with Crippen molar-refractivity contribution in [2.45, 2.75) is 105 Å². The van der Waals surface area contributed by atoms with Gasteiger partial charge in [0, 0.05) is 6.42 Å². The molecule has 5 aliphatic rings. The number of ether oxygens (including phenoxy) is 1. The molecule has 0 aromatic heterocycles. The predicted octanol–water partition coefficient (Wildman–Crippen LogP) is 6.11. The molecule has 0 radical (unpaired) electrons. The van der Waals surface area contributed by atoms with Crippen molar-refractivity contribution in [1.82, 2.24) is 0 Å². The average Bonchev–Trinajstić information content (AvgIpc) is 3.10. The van der Waals surface area contributed by atoms with Crippen LogP contribution in [0.2, 0.25) is 0 Å². The first-order valence-corrected chi connectivity index (χ1v) is 13.9. The molecule has 190 valence electrons. The zero-order valence-electron chi connectivity index (χ0n) is 22.5. The van der Waals surface area contributed by atoms with E-state index in [1.807, 2.05) is 0 Å². The molecule has 0 aromatic carbocycles. The lowest BCUT2D eigenvalue weighted by molar-refractivity contribution is -0.212. The van der Waals surface area contributed by atoms with Crippen molar-refractivity contribution in [2.24, 2.45) is 51.2 Å². The minimum atomic E-state index is -0.733. The summed E-state index contributed by atoms with van der Waals surface area (Å²) < 4.78 is 5.37. The van der Waals surface area contributed by atoms with Crippen LogP contribution in [0, 0.1) is 51.2 Å². The Kier molecular flexibility index (Phi) is 5.53. The molecule has 4 nitrogen and oxygen atoms in total. The number of Topliss-reactive ketones (excluding diaryl/α,β-unsaturated/α-hetero) is 1. The largest absolute Gasteiger partial charge is 0.468 e. The van der Waals surface area contributed by atoms with Gasteiger partial charge in [0.05, 0.1) is 18.6 Å². The van der Waals surface area contributed by atoms with Crippen molar-refractivity contribution in [3.8, 4) is 0 Å². The quantitative estimate of drug-likeness (QED) is 0.495. The number of fused-ring (bicyclic) bond motifs is 7. The van der Waals surface area contributed by atoms with Gasteiger partial charge >= 0.3 is 5.97 Å². The number of rotatable bonds is 2. The number of methoxy groups -OCH3 is 1. The van der Waals surface area contributed by atoms with Gasteiger partial charge in [-0.2, -0.15) is 0 Å². The fourth-order valence-corrected chi connectivity index (χ4v) is 10.7. The number of carbonyl (C=O) groups excluding carboxylic acids is 2. The fourth-order valence-electron chi connectivity index (χ4n) is 10.7. The molecule has 0 aliphatic heterocycles. The average molecular weight is 471 g/mol. The third kappa shape index (κ3) is 2.81. The highest BCUT2D eigenvalue weighted by Crippen LogP contribution is 2.75. The molecule has 9 unspecified atom stereocenters. The van der Waals surface area contributed by atoms with Crippen LogP contribution in [0.3, 0.4) is 0 Å². The van der Waals surface area contributed by atoms with Gasteiger partial charge in [-0.15, -0.1) is 0 Å². The molecule has 5 rings (SSSR count). The number of ketones is 1. The summed E-state index contributed by atoms with van der Waals surface area (Å²) in [6.07, 6.45) is 8.51. The predicted molar refractivity (Wildman–Crippen MR) is 133 cm³/mol. The molecular formula is C30H46O4. The Bertz CT molecular complexity index is 934. The van der Waals surface area contributed by atoms with Crippen molar-refractivity contribution in [1.29, 1.82) is 0 Å². The van der Waals surface area contributed by atoms with Crippen molar-refractivity contribution < 1.29 is 19.4 Å². The van der Waals surface area contributed by atoms with Gasteiger partial charge in [0.25, 0.3) is 0 Å². The van der Waals surface area contributed by atoms with Crippen LogP contribution in [0.25, 0.3) is 0 Å². The van der Waals surface area contributed by atoms with Crippen LogP contribution in [0.4, 0.5) is 0 Å². The first kappa shape index (κ1) is 24.5. The van der Waals surface area contributed by atoms with E-state index in [2.05, 4.69) is 41.5 Å². The first-order chi connectivity index (χ1) is 15.9. The molecule has 4 heteroatoms. The molecule has 1 N–H and O–H groups in total. The Morgan fingerprint density at radius 1 is 1.00 bits per heavy atom. The van der Waals surface area contributed by atoms with E-state index in [9.17, 15) is 14.7 Å². The van der Waals surface area contributed by atoms with Crippen LogP contribution in [0.15, 0.2) is 11.1 Å².